The second-order valence-electron chi connectivity index (χ2n) is 4.45. The van der Waals surface area contributed by atoms with Gasteiger partial charge in [-0.15, -0.1) is 0 Å². The van der Waals surface area contributed by atoms with E-state index in [0.717, 1.165) is 4.31 Å². The average Bonchev–Trinajstić information content (AvgIpc) is 2.82. The van der Waals surface area contributed by atoms with E-state index in [0.29, 0.717) is 12.8 Å². The minimum atomic E-state index is -3.82. The molecule has 5 nitrogen and oxygen atoms in total. The van der Waals surface area contributed by atoms with E-state index < -0.39 is 33.6 Å². The summed E-state index contributed by atoms with van der Waals surface area (Å²) >= 11 is 0. The lowest BCUT2D eigenvalue weighted by Crippen LogP contribution is -2.41. The second-order valence-corrected chi connectivity index (χ2v) is 6.38. The number of hydrogen-bond donors (Lipinski definition) is 1. The zero-order valence-corrected chi connectivity index (χ0v) is 10.9. The lowest BCUT2D eigenvalue weighted by molar-refractivity contribution is -0.140. The van der Waals surface area contributed by atoms with E-state index in [1.54, 1.807) is 6.07 Å². The monoisotopic (exact) mass is 287 g/mol. The van der Waals surface area contributed by atoms with Crippen molar-refractivity contribution < 1.29 is 22.7 Å². The summed E-state index contributed by atoms with van der Waals surface area (Å²) in [6, 6.07) is 4.56. The van der Waals surface area contributed by atoms with Gasteiger partial charge in [-0.25, -0.2) is 12.8 Å². The van der Waals surface area contributed by atoms with Crippen molar-refractivity contribution in [1.82, 2.24) is 4.31 Å². The first kappa shape index (κ1) is 14.0. The summed E-state index contributed by atoms with van der Waals surface area (Å²) in [5.74, 6) is -2.27. The lowest BCUT2D eigenvalue weighted by atomic mass is 10.2. The summed E-state index contributed by atoms with van der Waals surface area (Å²) in [4.78, 5) is 11.0. The predicted octanol–water partition coefficient (Wildman–Crippen LogP) is 1.20. The molecule has 1 fully saturated rings. The Labute approximate surface area is 110 Å². The van der Waals surface area contributed by atoms with Gasteiger partial charge in [0.05, 0.1) is 5.75 Å². The van der Waals surface area contributed by atoms with E-state index in [4.69, 9.17) is 5.11 Å². The first-order valence-electron chi connectivity index (χ1n) is 5.87. The molecule has 1 aliphatic rings. The van der Waals surface area contributed by atoms with Crippen molar-refractivity contribution in [2.24, 2.45) is 0 Å². The van der Waals surface area contributed by atoms with Gasteiger partial charge in [0.2, 0.25) is 10.0 Å². The zero-order chi connectivity index (χ0) is 14.0. The maximum absolute atomic E-state index is 13.5. The summed E-state index contributed by atoms with van der Waals surface area (Å²) in [7, 11) is -3.82. The number of benzene rings is 1. The molecule has 1 unspecified atom stereocenters. The van der Waals surface area contributed by atoms with Gasteiger partial charge in [0.15, 0.2) is 0 Å². The molecule has 2 rings (SSSR count). The molecule has 1 aromatic rings. The Balaban J connectivity index is 2.24. The van der Waals surface area contributed by atoms with Crippen LogP contribution in [0.2, 0.25) is 0 Å². The highest BCUT2D eigenvalue weighted by Crippen LogP contribution is 2.24. The standard InChI is InChI=1S/C12H14FNO4S/c13-10-5-2-1-4-9(10)8-19(17,18)14-7-3-6-11(14)12(15)16/h1-2,4-5,11H,3,6-8H2,(H,15,16). The van der Waals surface area contributed by atoms with E-state index in [9.17, 15) is 17.6 Å². The van der Waals surface area contributed by atoms with Gasteiger partial charge in [0, 0.05) is 12.1 Å². The fourth-order valence-electron chi connectivity index (χ4n) is 2.21. The third kappa shape index (κ3) is 2.93. The summed E-state index contributed by atoms with van der Waals surface area (Å²) in [6.45, 7) is 0.174. The highest BCUT2D eigenvalue weighted by atomic mass is 32.2. The molecule has 0 aliphatic carbocycles. The lowest BCUT2D eigenvalue weighted by Gasteiger charge is -2.21. The van der Waals surface area contributed by atoms with Gasteiger partial charge in [-0.3, -0.25) is 4.79 Å². The minimum absolute atomic E-state index is 0.0542. The molecular formula is C12H14FNO4S. The van der Waals surface area contributed by atoms with Crippen LogP contribution >= 0.6 is 0 Å². The van der Waals surface area contributed by atoms with Crippen molar-refractivity contribution in [1.29, 1.82) is 0 Å². The Morgan fingerprint density at radius 1 is 1.42 bits per heavy atom. The number of carboxylic acid groups (broad SMARTS) is 1. The average molecular weight is 287 g/mol. The zero-order valence-electron chi connectivity index (χ0n) is 10.1. The van der Waals surface area contributed by atoms with Crippen molar-refractivity contribution in [3.63, 3.8) is 0 Å². The van der Waals surface area contributed by atoms with Crippen LogP contribution in [-0.2, 0) is 20.6 Å². The molecule has 1 aromatic carbocycles. The van der Waals surface area contributed by atoms with Crippen molar-refractivity contribution in [3.05, 3.63) is 35.6 Å². The Hall–Kier alpha value is -1.47. The first-order chi connectivity index (χ1) is 8.92. The van der Waals surface area contributed by atoms with E-state index in [-0.39, 0.29) is 12.1 Å². The molecule has 7 heteroatoms. The van der Waals surface area contributed by atoms with Crippen LogP contribution in [0.25, 0.3) is 0 Å². The Kier molecular flexibility index (Phi) is 3.86. The Morgan fingerprint density at radius 2 is 2.11 bits per heavy atom. The number of carboxylic acids is 1. The van der Waals surface area contributed by atoms with E-state index >= 15 is 0 Å². The molecule has 1 aliphatic heterocycles. The predicted molar refractivity (Wildman–Crippen MR) is 66.4 cm³/mol. The van der Waals surface area contributed by atoms with Crippen molar-refractivity contribution in [3.8, 4) is 0 Å². The third-order valence-corrected chi connectivity index (χ3v) is 4.97. The molecule has 0 aromatic heterocycles. The van der Waals surface area contributed by atoms with Crippen LogP contribution in [0.4, 0.5) is 4.39 Å². The van der Waals surface area contributed by atoms with Crippen LogP contribution in [0.1, 0.15) is 18.4 Å². The maximum Gasteiger partial charge on any atom is 0.322 e. The first-order valence-corrected chi connectivity index (χ1v) is 7.48. The van der Waals surface area contributed by atoms with Crippen molar-refractivity contribution in [2.45, 2.75) is 24.6 Å². The minimum Gasteiger partial charge on any atom is -0.480 e. The smallest absolute Gasteiger partial charge is 0.322 e. The van der Waals surface area contributed by atoms with Crippen molar-refractivity contribution >= 4 is 16.0 Å². The maximum atomic E-state index is 13.5. The summed E-state index contributed by atoms with van der Waals surface area (Å²) < 4.78 is 38.8. The molecule has 1 atom stereocenters. The number of aliphatic carboxylic acids is 1. The molecule has 0 radical (unpaired) electrons. The van der Waals surface area contributed by atoms with Crippen LogP contribution in [0.3, 0.4) is 0 Å². The number of carbonyl (C=O) groups is 1. The van der Waals surface area contributed by atoms with Gasteiger partial charge in [-0.05, 0) is 18.9 Å². The second kappa shape index (κ2) is 5.26. The van der Waals surface area contributed by atoms with Crippen molar-refractivity contribution in [2.75, 3.05) is 6.54 Å². The van der Waals surface area contributed by atoms with Gasteiger partial charge < -0.3 is 5.11 Å². The largest absolute Gasteiger partial charge is 0.480 e. The SMILES string of the molecule is O=C(O)C1CCCN1S(=O)(=O)Cc1ccccc1F. The van der Waals surface area contributed by atoms with Gasteiger partial charge in [0.1, 0.15) is 11.9 Å². The molecule has 1 saturated heterocycles. The van der Waals surface area contributed by atoms with E-state index in [2.05, 4.69) is 0 Å². The quantitative estimate of drug-likeness (QED) is 0.903. The summed E-state index contributed by atoms with van der Waals surface area (Å²) in [5, 5.41) is 8.99. The molecule has 0 spiro atoms. The van der Waals surface area contributed by atoms with E-state index in [1.165, 1.54) is 18.2 Å². The number of halogens is 1. The molecule has 104 valence electrons. The highest BCUT2D eigenvalue weighted by molar-refractivity contribution is 7.88. The van der Waals surface area contributed by atoms with Crippen LogP contribution in [-0.4, -0.2) is 36.4 Å². The normalized spacial score (nSPS) is 20.6. The Morgan fingerprint density at radius 3 is 2.74 bits per heavy atom. The summed E-state index contributed by atoms with van der Waals surface area (Å²) in [6.07, 6.45) is 0.805. The van der Waals surface area contributed by atoms with Gasteiger partial charge in [-0.2, -0.15) is 4.31 Å². The molecule has 1 N–H and O–H groups in total. The highest BCUT2D eigenvalue weighted by Gasteiger charge is 2.38. The molecule has 0 saturated carbocycles. The van der Waals surface area contributed by atoms with Gasteiger partial charge >= 0.3 is 5.97 Å². The fourth-order valence-corrected chi connectivity index (χ4v) is 4.00. The molecule has 0 bridgehead atoms. The molecule has 19 heavy (non-hydrogen) atoms. The fraction of sp³-hybridized carbons (Fsp3) is 0.417. The van der Waals surface area contributed by atoms with Gasteiger partial charge in [0.25, 0.3) is 0 Å². The van der Waals surface area contributed by atoms with E-state index in [1.807, 2.05) is 0 Å². The van der Waals surface area contributed by atoms with Crippen LogP contribution in [0.5, 0.6) is 0 Å². The number of sulfonamides is 1. The number of nitrogens with zero attached hydrogens (tertiary/aromatic N) is 1. The Bertz CT molecular complexity index is 587. The van der Waals surface area contributed by atoms with Gasteiger partial charge in [-0.1, -0.05) is 18.2 Å². The molecular weight excluding hydrogens is 273 g/mol. The third-order valence-electron chi connectivity index (χ3n) is 3.14. The van der Waals surface area contributed by atoms with Crippen LogP contribution in [0, 0.1) is 5.82 Å². The molecule has 1 heterocycles. The van der Waals surface area contributed by atoms with Crippen LogP contribution < -0.4 is 0 Å². The number of rotatable bonds is 4. The summed E-state index contributed by atoms with van der Waals surface area (Å²) in [5.41, 5.74) is 0.0542. The molecule has 0 amide bonds. The topological polar surface area (TPSA) is 74.7 Å². The van der Waals surface area contributed by atoms with Crippen LogP contribution in [0.15, 0.2) is 24.3 Å². The number of hydrogen-bond acceptors (Lipinski definition) is 3.